The molecule has 2 bridgehead atoms. The van der Waals surface area contributed by atoms with E-state index in [2.05, 4.69) is 20.4 Å². The molecular weight excluding hydrogens is 396 g/mol. The van der Waals surface area contributed by atoms with Crippen LogP contribution in [0.1, 0.15) is 53.4 Å². The van der Waals surface area contributed by atoms with Crippen molar-refractivity contribution in [1.82, 2.24) is 0 Å². The van der Waals surface area contributed by atoms with Gasteiger partial charge in [0.2, 0.25) is 5.79 Å². The number of Topliss-reactive ketones (excluding diaryl/α,β-unsaturated/α-hetero) is 1. The van der Waals surface area contributed by atoms with Crippen molar-refractivity contribution >= 4 is 12.1 Å². The Morgan fingerprint density at radius 3 is 2.61 bits per heavy atom. The highest BCUT2D eigenvalue weighted by Gasteiger charge is 2.91. The lowest BCUT2D eigenvalue weighted by atomic mass is 9.23. The van der Waals surface area contributed by atoms with Gasteiger partial charge in [0.05, 0.1) is 12.0 Å². The Labute approximate surface area is 183 Å². The van der Waals surface area contributed by atoms with E-state index in [1.54, 1.807) is 0 Å². The molecule has 2 spiro atoms. The standard InChI is InChI=1S/C25H34O6/c1-12-14-6-7-15-23-9-13(10-26)8-21(2,3)18(23)20(28)25(30-11-23,31-22(4,5)29)24(15)17(14)16(12)19(24)27/h10,13-18,20,28-29H,1,6-9,11H2,2-5H3/t13?,14-,15-,16?,17-,18+,20-,23+,24+,25-/m0/s1. The van der Waals surface area contributed by atoms with Crippen LogP contribution in [0, 0.1) is 51.8 Å². The third-order valence-corrected chi connectivity index (χ3v) is 10.2. The number of aliphatic hydroxyl groups is 2. The Morgan fingerprint density at radius 2 is 1.97 bits per heavy atom. The predicted octanol–water partition coefficient (Wildman–Crippen LogP) is 2.47. The van der Waals surface area contributed by atoms with Crippen molar-refractivity contribution in [3.8, 4) is 0 Å². The molecule has 31 heavy (non-hydrogen) atoms. The monoisotopic (exact) mass is 430 g/mol. The summed E-state index contributed by atoms with van der Waals surface area (Å²) in [5.74, 6) is -3.27. The summed E-state index contributed by atoms with van der Waals surface area (Å²) in [6, 6.07) is 0. The van der Waals surface area contributed by atoms with Crippen LogP contribution < -0.4 is 0 Å². The number of rotatable bonds is 3. The average molecular weight is 431 g/mol. The maximum absolute atomic E-state index is 13.9. The molecule has 7 aliphatic rings. The van der Waals surface area contributed by atoms with E-state index in [-0.39, 0.29) is 46.7 Å². The highest BCUT2D eigenvalue weighted by molar-refractivity contribution is 6.01. The molecule has 7 fully saturated rings. The molecule has 2 aliphatic heterocycles. The van der Waals surface area contributed by atoms with Gasteiger partial charge >= 0.3 is 0 Å². The van der Waals surface area contributed by atoms with Crippen LogP contribution in [0.2, 0.25) is 0 Å². The Hall–Kier alpha value is -1.08. The lowest BCUT2D eigenvalue weighted by Gasteiger charge is -2.83. The maximum Gasteiger partial charge on any atom is 0.211 e. The van der Waals surface area contributed by atoms with E-state index in [1.165, 1.54) is 13.8 Å². The van der Waals surface area contributed by atoms with Crippen molar-refractivity contribution in [3.63, 3.8) is 0 Å². The molecular formula is C25H34O6. The molecule has 10 atom stereocenters. The fourth-order valence-electron chi connectivity index (χ4n) is 9.94. The SMILES string of the molecule is C=C1C2C(=O)[C@]34[C@H]2[C@H]1CC[C@H]3[C@@]12CO[C@]4(OC(C)(C)O)[C@@H](O)[C@@H]1C(C)(C)CC(C=O)C2. The number of aldehydes is 1. The predicted molar refractivity (Wildman–Crippen MR) is 110 cm³/mol. The topological polar surface area (TPSA) is 93.1 Å². The largest absolute Gasteiger partial charge is 0.387 e. The summed E-state index contributed by atoms with van der Waals surface area (Å²) in [7, 11) is 0. The van der Waals surface area contributed by atoms with Gasteiger partial charge in [0.25, 0.3) is 0 Å². The summed E-state index contributed by atoms with van der Waals surface area (Å²) in [5, 5.41) is 22.8. The van der Waals surface area contributed by atoms with E-state index in [4.69, 9.17) is 9.47 Å². The first kappa shape index (κ1) is 20.5. The van der Waals surface area contributed by atoms with Crippen LogP contribution in [0.3, 0.4) is 0 Å². The first-order valence-electron chi connectivity index (χ1n) is 11.8. The minimum atomic E-state index is -1.57. The number of aliphatic hydroxyl groups excluding tert-OH is 1. The molecule has 6 heteroatoms. The van der Waals surface area contributed by atoms with Crippen LogP contribution in [0.15, 0.2) is 12.2 Å². The Morgan fingerprint density at radius 1 is 1.26 bits per heavy atom. The molecule has 7 rings (SSSR count). The first-order chi connectivity index (χ1) is 14.4. The van der Waals surface area contributed by atoms with Crippen molar-refractivity contribution in [1.29, 1.82) is 0 Å². The van der Waals surface area contributed by atoms with Gasteiger partial charge in [-0.1, -0.05) is 26.0 Å². The number of ether oxygens (including phenoxy) is 2. The van der Waals surface area contributed by atoms with E-state index in [1.807, 2.05) is 0 Å². The molecule has 2 unspecified atom stereocenters. The minimum Gasteiger partial charge on any atom is -0.387 e. The van der Waals surface area contributed by atoms with Gasteiger partial charge in [0, 0.05) is 23.2 Å². The molecule has 2 N–H and O–H groups in total. The van der Waals surface area contributed by atoms with Crippen molar-refractivity contribution < 1.29 is 29.3 Å². The highest BCUT2D eigenvalue weighted by atomic mass is 16.8. The summed E-state index contributed by atoms with van der Waals surface area (Å²) in [4.78, 5) is 25.9. The number of hydrogen-bond acceptors (Lipinski definition) is 6. The molecule has 0 amide bonds. The van der Waals surface area contributed by atoms with Gasteiger partial charge in [-0.25, -0.2) is 0 Å². The van der Waals surface area contributed by atoms with E-state index in [0.29, 0.717) is 19.4 Å². The van der Waals surface area contributed by atoms with Gasteiger partial charge in [0.1, 0.15) is 12.4 Å². The molecule has 0 aromatic carbocycles. The Bertz CT molecular complexity index is 902. The van der Waals surface area contributed by atoms with Crippen LogP contribution in [0.25, 0.3) is 0 Å². The molecule has 0 aromatic heterocycles. The number of allylic oxidation sites excluding steroid dienone is 1. The van der Waals surface area contributed by atoms with Crippen LogP contribution >= 0.6 is 0 Å². The average Bonchev–Trinajstić information content (AvgIpc) is 2.65. The van der Waals surface area contributed by atoms with Crippen LogP contribution in [-0.2, 0) is 19.1 Å². The minimum absolute atomic E-state index is 0.0235. The lowest BCUT2D eigenvalue weighted by molar-refractivity contribution is -0.503. The van der Waals surface area contributed by atoms with Gasteiger partial charge in [-0.05, 0) is 62.7 Å². The highest BCUT2D eigenvalue weighted by Crippen LogP contribution is 2.84. The van der Waals surface area contributed by atoms with Crippen LogP contribution in [0.5, 0.6) is 0 Å². The molecule has 2 heterocycles. The van der Waals surface area contributed by atoms with E-state index >= 15 is 0 Å². The zero-order valence-electron chi connectivity index (χ0n) is 18.9. The van der Waals surface area contributed by atoms with Crippen molar-refractivity contribution in [2.45, 2.75) is 71.1 Å². The van der Waals surface area contributed by atoms with Gasteiger partial charge < -0.3 is 24.5 Å². The summed E-state index contributed by atoms with van der Waals surface area (Å²) >= 11 is 0. The molecule has 0 radical (unpaired) electrons. The fraction of sp³-hybridized carbons (Fsp3) is 0.840. The molecule has 170 valence electrons. The van der Waals surface area contributed by atoms with Gasteiger partial charge in [-0.3, -0.25) is 4.79 Å². The van der Waals surface area contributed by atoms with Crippen molar-refractivity contribution in [2.24, 2.45) is 51.8 Å². The number of carbonyl (C=O) groups excluding carboxylic acids is 2. The molecule has 2 saturated heterocycles. The first-order valence-corrected chi connectivity index (χ1v) is 11.8. The second-order valence-electron chi connectivity index (χ2n) is 12.5. The molecule has 6 nitrogen and oxygen atoms in total. The van der Waals surface area contributed by atoms with Crippen molar-refractivity contribution in [3.05, 3.63) is 12.2 Å². The Kier molecular flexibility index (Phi) is 3.65. The number of hydrogen-bond donors (Lipinski definition) is 2. The zero-order chi connectivity index (χ0) is 22.4. The maximum atomic E-state index is 13.9. The van der Waals surface area contributed by atoms with Gasteiger partial charge in [0.15, 0.2) is 11.6 Å². The summed E-state index contributed by atoms with van der Waals surface area (Å²) in [5.41, 5.74) is -0.733. The van der Waals surface area contributed by atoms with E-state index in [9.17, 15) is 19.8 Å². The normalized spacial score (nSPS) is 56.0. The zero-order valence-corrected chi connectivity index (χ0v) is 18.9. The molecule has 0 aromatic rings. The third kappa shape index (κ3) is 1.94. The third-order valence-electron chi connectivity index (χ3n) is 10.2. The summed E-state index contributed by atoms with van der Waals surface area (Å²) < 4.78 is 12.8. The fourth-order valence-corrected chi connectivity index (χ4v) is 9.94. The molecule has 5 saturated carbocycles. The Balaban J connectivity index is 1.60. The lowest BCUT2D eigenvalue weighted by Crippen LogP contribution is -2.92. The second kappa shape index (κ2) is 5.52. The number of carbonyl (C=O) groups is 2. The number of fused-ring (bicyclic) bond motifs is 1. The second-order valence-corrected chi connectivity index (χ2v) is 12.5. The quantitative estimate of drug-likeness (QED) is 0.406. The van der Waals surface area contributed by atoms with E-state index in [0.717, 1.165) is 24.7 Å². The van der Waals surface area contributed by atoms with Crippen molar-refractivity contribution in [2.75, 3.05) is 6.61 Å². The van der Waals surface area contributed by atoms with E-state index < -0.39 is 28.5 Å². The summed E-state index contributed by atoms with van der Waals surface area (Å²) in [6.45, 7) is 11.8. The van der Waals surface area contributed by atoms with Crippen LogP contribution in [-0.4, -0.2) is 46.6 Å². The molecule has 5 aliphatic carbocycles. The smallest absolute Gasteiger partial charge is 0.211 e. The number of ketones is 1. The van der Waals surface area contributed by atoms with Crippen LogP contribution in [0.4, 0.5) is 0 Å². The van der Waals surface area contributed by atoms with Gasteiger partial charge in [-0.15, -0.1) is 0 Å². The summed E-state index contributed by atoms with van der Waals surface area (Å²) in [6.07, 6.45) is 3.15. The van der Waals surface area contributed by atoms with Gasteiger partial charge in [-0.2, -0.15) is 0 Å².